The van der Waals surface area contributed by atoms with Gasteiger partial charge in [-0.3, -0.25) is 0 Å². The first-order chi connectivity index (χ1) is 8.33. The van der Waals surface area contributed by atoms with Crippen LogP contribution in [0.15, 0.2) is 24.8 Å². The molecule has 0 unspecified atom stereocenters. The van der Waals surface area contributed by atoms with E-state index in [1.807, 2.05) is 13.0 Å². The first kappa shape index (κ1) is 10.4. The van der Waals surface area contributed by atoms with E-state index in [-0.39, 0.29) is 0 Å². The smallest absolute Gasteiger partial charge is 0.155 e. The Morgan fingerprint density at radius 2 is 2.29 bits per heavy atom. The number of pyridine rings is 1. The van der Waals surface area contributed by atoms with Gasteiger partial charge in [-0.2, -0.15) is 5.10 Å². The van der Waals surface area contributed by atoms with Crippen molar-refractivity contribution in [2.75, 3.05) is 0 Å². The SMILES string of the molecule is Cc1nc(-n2cncn2)ccc1CNC1CC1. The van der Waals surface area contributed by atoms with E-state index in [2.05, 4.69) is 26.4 Å². The fraction of sp³-hybridized carbons (Fsp3) is 0.417. The van der Waals surface area contributed by atoms with Crippen molar-refractivity contribution in [1.29, 1.82) is 0 Å². The minimum absolute atomic E-state index is 0.726. The van der Waals surface area contributed by atoms with Crippen LogP contribution < -0.4 is 5.32 Å². The molecule has 88 valence electrons. The summed E-state index contributed by atoms with van der Waals surface area (Å²) in [5.74, 6) is 0.815. The van der Waals surface area contributed by atoms with Crippen LogP contribution in [0.2, 0.25) is 0 Å². The van der Waals surface area contributed by atoms with Gasteiger partial charge in [0.2, 0.25) is 0 Å². The molecule has 5 heteroatoms. The van der Waals surface area contributed by atoms with E-state index in [4.69, 9.17) is 0 Å². The second kappa shape index (κ2) is 4.25. The van der Waals surface area contributed by atoms with Crippen molar-refractivity contribution in [1.82, 2.24) is 25.1 Å². The maximum Gasteiger partial charge on any atom is 0.155 e. The van der Waals surface area contributed by atoms with Crippen molar-refractivity contribution in [2.24, 2.45) is 0 Å². The van der Waals surface area contributed by atoms with Gasteiger partial charge in [0.15, 0.2) is 5.82 Å². The summed E-state index contributed by atoms with van der Waals surface area (Å²) in [5, 5.41) is 7.56. The van der Waals surface area contributed by atoms with Crippen molar-refractivity contribution in [3.63, 3.8) is 0 Å². The summed E-state index contributed by atoms with van der Waals surface area (Å²) in [6, 6.07) is 4.81. The number of nitrogens with one attached hydrogen (secondary N) is 1. The summed E-state index contributed by atoms with van der Waals surface area (Å²) in [6.07, 6.45) is 5.79. The monoisotopic (exact) mass is 229 g/mol. The number of aryl methyl sites for hydroxylation is 1. The fourth-order valence-electron chi connectivity index (χ4n) is 1.76. The summed E-state index contributed by atoms with van der Waals surface area (Å²) in [4.78, 5) is 8.45. The quantitative estimate of drug-likeness (QED) is 0.856. The van der Waals surface area contributed by atoms with Gasteiger partial charge in [0.05, 0.1) is 0 Å². The van der Waals surface area contributed by atoms with Crippen LogP contribution in [-0.4, -0.2) is 25.8 Å². The lowest BCUT2D eigenvalue weighted by Crippen LogP contribution is -2.16. The molecule has 1 N–H and O–H groups in total. The van der Waals surface area contributed by atoms with Gasteiger partial charge in [0, 0.05) is 18.3 Å². The fourth-order valence-corrected chi connectivity index (χ4v) is 1.76. The Balaban J connectivity index is 1.78. The molecule has 0 amide bonds. The molecular weight excluding hydrogens is 214 g/mol. The summed E-state index contributed by atoms with van der Waals surface area (Å²) in [5.41, 5.74) is 2.30. The number of hydrogen-bond acceptors (Lipinski definition) is 4. The van der Waals surface area contributed by atoms with E-state index in [9.17, 15) is 0 Å². The molecular formula is C12H15N5. The summed E-state index contributed by atoms with van der Waals surface area (Å²) < 4.78 is 1.67. The third-order valence-corrected chi connectivity index (χ3v) is 2.99. The first-order valence-electron chi connectivity index (χ1n) is 5.88. The third kappa shape index (κ3) is 2.34. The van der Waals surface area contributed by atoms with Crippen LogP contribution in [0.4, 0.5) is 0 Å². The van der Waals surface area contributed by atoms with Crippen LogP contribution in [0.1, 0.15) is 24.1 Å². The van der Waals surface area contributed by atoms with Crippen molar-refractivity contribution >= 4 is 0 Å². The molecule has 1 aliphatic carbocycles. The van der Waals surface area contributed by atoms with Gasteiger partial charge in [-0.15, -0.1) is 0 Å². The highest BCUT2D eigenvalue weighted by Crippen LogP contribution is 2.19. The van der Waals surface area contributed by atoms with Gasteiger partial charge in [-0.1, -0.05) is 6.07 Å². The Hall–Kier alpha value is -1.75. The molecule has 1 aliphatic rings. The molecule has 0 aliphatic heterocycles. The van der Waals surface area contributed by atoms with Gasteiger partial charge >= 0.3 is 0 Å². The average Bonchev–Trinajstić information content (AvgIpc) is 3.00. The zero-order valence-electron chi connectivity index (χ0n) is 9.80. The molecule has 0 spiro atoms. The zero-order valence-corrected chi connectivity index (χ0v) is 9.80. The van der Waals surface area contributed by atoms with Crippen LogP contribution in [-0.2, 0) is 6.54 Å². The Labute approximate surface area is 99.9 Å². The molecule has 5 nitrogen and oxygen atoms in total. The van der Waals surface area contributed by atoms with Crippen molar-refractivity contribution < 1.29 is 0 Å². The van der Waals surface area contributed by atoms with E-state index in [1.54, 1.807) is 11.0 Å². The van der Waals surface area contributed by atoms with Gasteiger partial charge in [-0.25, -0.2) is 14.6 Å². The summed E-state index contributed by atoms with van der Waals surface area (Å²) in [6.45, 7) is 2.94. The highest BCUT2D eigenvalue weighted by atomic mass is 15.3. The maximum atomic E-state index is 4.53. The molecule has 1 saturated carbocycles. The van der Waals surface area contributed by atoms with E-state index >= 15 is 0 Å². The third-order valence-electron chi connectivity index (χ3n) is 2.99. The van der Waals surface area contributed by atoms with Crippen LogP contribution >= 0.6 is 0 Å². The van der Waals surface area contributed by atoms with E-state index in [1.165, 1.54) is 24.7 Å². The van der Waals surface area contributed by atoms with Crippen LogP contribution in [0.3, 0.4) is 0 Å². The molecule has 0 aromatic carbocycles. The van der Waals surface area contributed by atoms with Crippen molar-refractivity contribution in [3.05, 3.63) is 36.0 Å². The van der Waals surface area contributed by atoms with Gasteiger partial charge in [0.1, 0.15) is 12.7 Å². The predicted octanol–water partition coefficient (Wildman–Crippen LogP) is 1.22. The normalized spacial score (nSPS) is 15.1. The second-order valence-electron chi connectivity index (χ2n) is 4.41. The van der Waals surface area contributed by atoms with Gasteiger partial charge < -0.3 is 5.32 Å². The highest BCUT2D eigenvalue weighted by molar-refractivity contribution is 5.29. The molecule has 0 atom stereocenters. The summed E-state index contributed by atoms with van der Waals surface area (Å²) >= 11 is 0. The van der Waals surface area contributed by atoms with Crippen molar-refractivity contribution in [3.8, 4) is 5.82 Å². The van der Waals surface area contributed by atoms with E-state index in [0.29, 0.717) is 0 Å². The Kier molecular flexibility index (Phi) is 2.60. The second-order valence-corrected chi connectivity index (χ2v) is 4.41. The standard InChI is InChI=1S/C12H15N5/c1-9-10(6-14-11-3-4-11)2-5-12(16-9)17-8-13-7-15-17/h2,5,7-8,11,14H,3-4,6H2,1H3. The number of aromatic nitrogens is 4. The number of nitrogens with zero attached hydrogens (tertiary/aromatic N) is 4. The largest absolute Gasteiger partial charge is 0.310 e. The molecule has 0 saturated heterocycles. The Morgan fingerprint density at radius 3 is 2.94 bits per heavy atom. The first-order valence-corrected chi connectivity index (χ1v) is 5.88. The number of rotatable bonds is 4. The lowest BCUT2D eigenvalue weighted by Gasteiger charge is -2.08. The van der Waals surface area contributed by atoms with Crippen molar-refractivity contribution in [2.45, 2.75) is 32.4 Å². The van der Waals surface area contributed by atoms with Crippen LogP contribution in [0.5, 0.6) is 0 Å². The number of hydrogen-bond donors (Lipinski definition) is 1. The zero-order chi connectivity index (χ0) is 11.7. The molecule has 2 aromatic heterocycles. The van der Waals surface area contributed by atoms with E-state index in [0.717, 1.165) is 24.1 Å². The topological polar surface area (TPSA) is 55.6 Å². The van der Waals surface area contributed by atoms with Gasteiger partial charge in [0.25, 0.3) is 0 Å². The average molecular weight is 229 g/mol. The lowest BCUT2D eigenvalue weighted by atomic mass is 10.2. The molecule has 2 heterocycles. The molecule has 3 rings (SSSR count). The minimum Gasteiger partial charge on any atom is -0.310 e. The van der Waals surface area contributed by atoms with Gasteiger partial charge in [-0.05, 0) is 31.4 Å². The molecule has 17 heavy (non-hydrogen) atoms. The molecule has 1 fully saturated rings. The summed E-state index contributed by atoms with van der Waals surface area (Å²) in [7, 11) is 0. The lowest BCUT2D eigenvalue weighted by molar-refractivity contribution is 0.681. The maximum absolute atomic E-state index is 4.53. The Morgan fingerprint density at radius 1 is 1.41 bits per heavy atom. The van der Waals surface area contributed by atoms with Crippen LogP contribution in [0, 0.1) is 6.92 Å². The molecule has 0 bridgehead atoms. The predicted molar refractivity (Wildman–Crippen MR) is 63.8 cm³/mol. The minimum atomic E-state index is 0.726. The highest BCUT2D eigenvalue weighted by Gasteiger charge is 2.20. The molecule has 0 radical (unpaired) electrons. The van der Waals surface area contributed by atoms with Crippen LogP contribution in [0.25, 0.3) is 5.82 Å². The Bertz CT molecular complexity index is 502. The van der Waals surface area contributed by atoms with E-state index < -0.39 is 0 Å². The molecule has 2 aromatic rings.